The minimum Gasteiger partial charge on any atom is -0.464 e. The first kappa shape index (κ1) is 17.1. The molecule has 2 heterocycles. The lowest BCUT2D eigenvalue weighted by molar-refractivity contribution is -0.142. The molecule has 7 nitrogen and oxygen atoms in total. The number of esters is 1. The Bertz CT molecular complexity index is 736. The molecule has 0 amide bonds. The molecule has 2 aliphatic heterocycles. The third-order valence-electron chi connectivity index (χ3n) is 4.52. The van der Waals surface area contributed by atoms with Crippen molar-refractivity contribution in [2.24, 2.45) is 0 Å². The van der Waals surface area contributed by atoms with Gasteiger partial charge in [-0.25, -0.2) is 8.42 Å². The maximum Gasteiger partial charge on any atom is 0.323 e. The van der Waals surface area contributed by atoms with Crippen molar-refractivity contribution in [2.45, 2.75) is 24.3 Å². The van der Waals surface area contributed by atoms with Gasteiger partial charge in [0.1, 0.15) is 6.04 Å². The van der Waals surface area contributed by atoms with Crippen molar-refractivity contribution in [3.63, 3.8) is 0 Å². The monoisotopic (exact) mass is 352 g/mol. The molecule has 1 aromatic carbocycles. The molecule has 0 aromatic heterocycles. The summed E-state index contributed by atoms with van der Waals surface area (Å²) in [7, 11) is -3.59. The van der Waals surface area contributed by atoms with Gasteiger partial charge in [0.15, 0.2) is 5.78 Å². The van der Waals surface area contributed by atoms with Crippen LogP contribution < -0.4 is 0 Å². The van der Waals surface area contributed by atoms with Crippen LogP contribution in [-0.4, -0.2) is 68.2 Å². The fourth-order valence-corrected chi connectivity index (χ4v) is 4.51. The minimum absolute atomic E-state index is 0.101. The normalized spacial score (nSPS) is 23.2. The zero-order valence-corrected chi connectivity index (χ0v) is 14.3. The fraction of sp³-hybridized carbons (Fsp3) is 0.500. The molecule has 2 saturated heterocycles. The zero-order chi connectivity index (χ0) is 17.3. The van der Waals surface area contributed by atoms with Crippen LogP contribution in [0.15, 0.2) is 29.2 Å². The minimum atomic E-state index is -3.59. The topological polar surface area (TPSA) is 84.0 Å². The summed E-state index contributed by atoms with van der Waals surface area (Å²) in [6, 6.07) is 5.74. The number of carbonyl (C=O) groups excluding carboxylic acids is 2. The summed E-state index contributed by atoms with van der Waals surface area (Å²) >= 11 is 0. The molecule has 0 unspecified atom stereocenters. The Morgan fingerprint density at radius 1 is 1.12 bits per heavy atom. The summed E-state index contributed by atoms with van der Waals surface area (Å²) in [6.07, 6.45) is 0.665. The van der Waals surface area contributed by atoms with E-state index in [1.807, 2.05) is 4.90 Å². The molecular weight excluding hydrogens is 332 g/mol. The number of rotatable bonds is 4. The lowest BCUT2D eigenvalue weighted by atomic mass is 10.2. The van der Waals surface area contributed by atoms with Crippen LogP contribution in [0, 0.1) is 0 Å². The van der Waals surface area contributed by atoms with E-state index in [2.05, 4.69) is 0 Å². The van der Waals surface area contributed by atoms with Crippen molar-refractivity contribution in [1.29, 1.82) is 0 Å². The third-order valence-corrected chi connectivity index (χ3v) is 6.43. The van der Waals surface area contributed by atoms with E-state index in [9.17, 15) is 18.0 Å². The molecule has 0 aliphatic carbocycles. The number of sulfonamides is 1. The highest BCUT2D eigenvalue weighted by atomic mass is 32.2. The van der Waals surface area contributed by atoms with Gasteiger partial charge in [0.25, 0.3) is 0 Å². The maximum atomic E-state index is 12.7. The van der Waals surface area contributed by atoms with E-state index in [0.29, 0.717) is 44.8 Å². The van der Waals surface area contributed by atoms with Gasteiger partial charge in [-0.05, 0) is 19.1 Å². The number of benzene rings is 1. The van der Waals surface area contributed by atoms with Crippen LogP contribution in [0.25, 0.3) is 0 Å². The molecule has 0 saturated carbocycles. The van der Waals surface area contributed by atoms with Crippen LogP contribution in [0.3, 0.4) is 0 Å². The van der Waals surface area contributed by atoms with E-state index in [1.54, 1.807) is 0 Å². The number of hydrogen-bond donors (Lipinski definition) is 0. The molecule has 1 aromatic rings. The Kier molecular flexibility index (Phi) is 4.71. The molecule has 130 valence electrons. The summed E-state index contributed by atoms with van der Waals surface area (Å²) in [5.41, 5.74) is 0.485. The second-order valence-corrected chi connectivity index (χ2v) is 7.93. The first-order valence-electron chi connectivity index (χ1n) is 7.91. The summed E-state index contributed by atoms with van der Waals surface area (Å²) in [6.45, 7) is 3.55. The van der Waals surface area contributed by atoms with Crippen molar-refractivity contribution in [1.82, 2.24) is 9.21 Å². The molecule has 24 heavy (non-hydrogen) atoms. The number of ether oxygens (including phenoxy) is 1. The molecule has 2 fully saturated rings. The van der Waals surface area contributed by atoms with E-state index in [4.69, 9.17) is 4.74 Å². The van der Waals surface area contributed by atoms with E-state index in [0.717, 1.165) is 0 Å². The van der Waals surface area contributed by atoms with Gasteiger partial charge >= 0.3 is 5.97 Å². The van der Waals surface area contributed by atoms with Crippen LogP contribution in [0.1, 0.15) is 23.7 Å². The van der Waals surface area contributed by atoms with Gasteiger partial charge in [-0.2, -0.15) is 4.31 Å². The Hall–Kier alpha value is -1.77. The average Bonchev–Trinajstić information content (AvgIpc) is 3.01. The van der Waals surface area contributed by atoms with E-state index in [1.165, 1.54) is 35.5 Å². The van der Waals surface area contributed by atoms with Crippen molar-refractivity contribution in [3.8, 4) is 0 Å². The molecule has 0 radical (unpaired) electrons. The Labute approximate surface area is 141 Å². The van der Waals surface area contributed by atoms with Crippen LogP contribution in [0.4, 0.5) is 0 Å². The SMILES string of the molecule is CC(=O)c1ccc(S(=O)(=O)N2CCN([C@H]3CCOC3=O)CC2)cc1. The number of ketones is 1. The summed E-state index contributed by atoms with van der Waals surface area (Å²) < 4.78 is 31.8. The van der Waals surface area contributed by atoms with Crippen molar-refractivity contribution in [2.75, 3.05) is 32.8 Å². The highest BCUT2D eigenvalue weighted by Gasteiger charge is 2.36. The number of nitrogens with zero attached hydrogens (tertiary/aromatic N) is 2. The van der Waals surface area contributed by atoms with Crippen LogP contribution in [-0.2, 0) is 19.6 Å². The van der Waals surface area contributed by atoms with Gasteiger partial charge in [0, 0.05) is 38.2 Å². The summed E-state index contributed by atoms with van der Waals surface area (Å²) in [4.78, 5) is 25.1. The molecule has 0 N–H and O–H groups in total. The molecule has 0 spiro atoms. The number of hydrogen-bond acceptors (Lipinski definition) is 6. The van der Waals surface area contributed by atoms with Gasteiger partial charge in [-0.3, -0.25) is 14.5 Å². The number of cyclic esters (lactones) is 1. The predicted molar refractivity (Wildman–Crippen MR) is 86.1 cm³/mol. The summed E-state index contributed by atoms with van der Waals surface area (Å²) in [5, 5.41) is 0. The fourth-order valence-electron chi connectivity index (χ4n) is 3.08. The number of carbonyl (C=O) groups is 2. The van der Waals surface area contributed by atoms with Gasteiger partial charge in [0.05, 0.1) is 11.5 Å². The smallest absolute Gasteiger partial charge is 0.323 e. The first-order valence-corrected chi connectivity index (χ1v) is 9.35. The second-order valence-electron chi connectivity index (χ2n) is 5.99. The van der Waals surface area contributed by atoms with E-state index < -0.39 is 10.0 Å². The second kappa shape index (κ2) is 6.62. The molecule has 8 heteroatoms. The molecule has 2 aliphatic rings. The Balaban J connectivity index is 1.68. The molecule has 0 bridgehead atoms. The number of piperazine rings is 1. The number of Topliss-reactive ketones (excluding diaryl/α,β-unsaturated/α-hetero) is 1. The Morgan fingerprint density at radius 2 is 1.75 bits per heavy atom. The molecule has 3 rings (SSSR count). The quantitative estimate of drug-likeness (QED) is 0.580. The molecular formula is C16H20N2O5S. The summed E-state index contributed by atoms with van der Waals surface area (Å²) in [5.74, 6) is -0.317. The van der Waals surface area contributed by atoms with Crippen LogP contribution in [0.2, 0.25) is 0 Å². The van der Waals surface area contributed by atoms with Crippen LogP contribution in [0.5, 0.6) is 0 Å². The molecule has 1 atom stereocenters. The average molecular weight is 352 g/mol. The van der Waals surface area contributed by atoms with E-state index >= 15 is 0 Å². The van der Waals surface area contributed by atoms with Gasteiger partial charge in [-0.1, -0.05) is 12.1 Å². The first-order chi connectivity index (χ1) is 11.4. The predicted octanol–water partition coefficient (Wildman–Crippen LogP) is 0.511. The highest BCUT2D eigenvalue weighted by molar-refractivity contribution is 7.89. The Morgan fingerprint density at radius 3 is 2.25 bits per heavy atom. The zero-order valence-electron chi connectivity index (χ0n) is 13.5. The van der Waals surface area contributed by atoms with E-state index in [-0.39, 0.29) is 22.7 Å². The largest absolute Gasteiger partial charge is 0.464 e. The van der Waals surface area contributed by atoms with Crippen molar-refractivity contribution < 1.29 is 22.7 Å². The highest BCUT2D eigenvalue weighted by Crippen LogP contribution is 2.21. The third kappa shape index (κ3) is 3.22. The van der Waals surface area contributed by atoms with Crippen molar-refractivity contribution in [3.05, 3.63) is 29.8 Å². The van der Waals surface area contributed by atoms with Gasteiger partial charge in [-0.15, -0.1) is 0 Å². The standard InChI is InChI=1S/C16H20N2O5S/c1-12(19)13-2-4-14(5-3-13)24(21,22)18-9-7-17(8-10-18)15-6-11-23-16(15)20/h2-5,15H,6-11H2,1H3/t15-/m0/s1. The van der Waals surface area contributed by atoms with Crippen molar-refractivity contribution >= 4 is 21.8 Å². The van der Waals surface area contributed by atoms with Gasteiger partial charge in [0.2, 0.25) is 10.0 Å². The van der Waals surface area contributed by atoms with Gasteiger partial charge < -0.3 is 4.74 Å². The lowest BCUT2D eigenvalue weighted by Gasteiger charge is -2.35. The maximum absolute atomic E-state index is 12.7. The van der Waals surface area contributed by atoms with Crippen LogP contribution >= 0.6 is 0 Å². The lowest BCUT2D eigenvalue weighted by Crippen LogP contribution is -2.52.